The molecule has 15 heavy (non-hydrogen) atoms. The summed E-state index contributed by atoms with van der Waals surface area (Å²) < 4.78 is 5.64. The quantitative estimate of drug-likeness (QED) is 0.795. The second kappa shape index (κ2) is 4.28. The Morgan fingerprint density at radius 2 is 2.47 bits per heavy atom. The third kappa shape index (κ3) is 1.98. The molecule has 82 valence electrons. The Hall–Kier alpha value is -0.315. The highest BCUT2D eigenvalue weighted by Gasteiger charge is 2.55. The zero-order valence-electron chi connectivity index (χ0n) is 9.27. The van der Waals surface area contributed by atoms with E-state index >= 15 is 0 Å². The van der Waals surface area contributed by atoms with E-state index in [0.29, 0.717) is 0 Å². The molecular weight excluding hydrogens is 207 g/mol. The minimum atomic E-state index is -0.601. The van der Waals surface area contributed by atoms with Crippen molar-refractivity contribution >= 4 is 18.3 Å². The summed E-state index contributed by atoms with van der Waals surface area (Å²) in [6.45, 7) is 4.05. The SMILES string of the molecule is CCCC1(O)B(Cc2ccsc2)OC1C. The predicted molar refractivity (Wildman–Crippen MR) is 64.2 cm³/mol. The molecule has 0 aliphatic carbocycles. The minimum absolute atomic E-state index is 0.0120. The largest absolute Gasteiger partial charge is 0.428 e. The van der Waals surface area contributed by atoms with Crippen LogP contribution in [0, 0.1) is 0 Å². The second-order valence-electron chi connectivity index (χ2n) is 4.34. The second-order valence-corrected chi connectivity index (χ2v) is 5.12. The smallest absolute Gasteiger partial charge is 0.332 e. The maximum atomic E-state index is 10.4. The van der Waals surface area contributed by atoms with Crippen molar-refractivity contribution in [2.45, 2.75) is 44.6 Å². The Morgan fingerprint density at radius 1 is 1.67 bits per heavy atom. The molecular formula is C11H17BO2S. The van der Waals surface area contributed by atoms with Gasteiger partial charge in [0.25, 0.3) is 0 Å². The molecule has 1 fully saturated rings. The molecule has 1 aromatic rings. The van der Waals surface area contributed by atoms with Crippen molar-refractivity contribution in [1.29, 1.82) is 0 Å². The molecule has 0 bridgehead atoms. The molecule has 2 rings (SSSR count). The lowest BCUT2D eigenvalue weighted by atomic mass is 9.41. The maximum Gasteiger partial charge on any atom is 0.332 e. The van der Waals surface area contributed by atoms with Crippen molar-refractivity contribution in [3.8, 4) is 0 Å². The topological polar surface area (TPSA) is 29.5 Å². The van der Waals surface area contributed by atoms with Gasteiger partial charge in [-0.25, -0.2) is 0 Å². The molecule has 2 unspecified atom stereocenters. The van der Waals surface area contributed by atoms with E-state index in [-0.39, 0.29) is 13.0 Å². The summed E-state index contributed by atoms with van der Waals surface area (Å²) in [4.78, 5) is 0. The molecule has 0 radical (unpaired) electrons. The summed E-state index contributed by atoms with van der Waals surface area (Å²) in [6, 6.07) is 2.10. The van der Waals surface area contributed by atoms with Gasteiger partial charge in [0.2, 0.25) is 0 Å². The Morgan fingerprint density at radius 3 is 3.00 bits per heavy atom. The van der Waals surface area contributed by atoms with Crippen molar-refractivity contribution in [2.75, 3.05) is 0 Å². The van der Waals surface area contributed by atoms with Crippen LogP contribution in [-0.4, -0.2) is 23.6 Å². The van der Waals surface area contributed by atoms with Gasteiger partial charge in [-0.1, -0.05) is 13.3 Å². The van der Waals surface area contributed by atoms with E-state index in [1.54, 1.807) is 11.3 Å². The molecule has 1 aliphatic rings. The zero-order valence-corrected chi connectivity index (χ0v) is 10.1. The average Bonchev–Trinajstić information content (AvgIpc) is 2.70. The normalized spacial score (nSPS) is 30.3. The molecule has 0 aromatic carbocycles. The van der Waals surface area contributed by atoms with Gasteiger partial charge in [-0.3, -0.25) is 0 Å². The highest BCUT2D eigenvalue weighted by Crippen LogP contribution is 2.35. The van der Waals surface area contributed by atoms with Crippen molar-refractivity contribution in [2.24, 2.45) is 0 Å². The Balaban J connectivity index is 1.99. The fraction of sp³-hybridized carbons (Fsp3) is 0.636. The molecule has 0 amide bonds. The molecule has 0 saturated carbocycles. The molecule has 1 aliphatic heterocycles. The first-order valence-electron chi connectivity index (χ1n) is 5.55. The number of rotatable bonds is 4. The van der Waals surface area contributed by atoms with Crippen LogP contribution in [0.25, 0.3) is 0 Å². The number of thiophene rings is 1. The summed E-state index contributed by atoms with van der Waals surface area (Å²) in [6.07, 6.45) is 2.67. The minimum Gasteiger partial charge on any atom is -0.428 e. The summed E-state index contributed by atoms with van der Waals surface area (Å²) in [5.41, 5.74) is 0.669. The Kier molecular flexibility index (Phi) is 3.19. The highest BCUT2D eigenvalue weighted by atomic mass is 32.1. The molecule has 4 heteroatoms. The monoisotopic (exact) mass is 224 g/mol. The summed E-state index contributed by atoms with van der Waals surface area (Å²) in [5.74, 6) is 0. The van der Waals surface area contributed by atoms with E-state index in [2.05, 4.69) is 23.8 Å². The van der Waals surface area contributed by atoms with Gasteiger partial charge in [0.05, 0.1) is 11.6 Å². The van der Waals surface area contributed by atoms with Crippen LogP contribution in [0.5, 0.6) is 0 Å². The third-order valence-corrected chi connectivity index (χ3v) is 4.01. The third-order valence-electron chi connectivity index (χ3n) is 3.28. The highest BCUT2D eigenvalue weighted by molar-refractivity contribution is 7.08. The fourth-order valence-electron chi connectivity index (χ4n) is 2.28. The lowest BCUT2D eigenvalue weighted by Crippen LogP contribution is -2.68. The van der Waals surface area contributed by atoms with Crippen LogP contribution in [0.4, 0.5) is 0 Å². The lowest BCUT2D eigenvalue weighted by molar-refractivity contribution is -0.0778. The van der Waals surface area contributed by atoms with Crippen LogP contribution in [-0.2, 0) is 11.0 Å². The van der Waals surface area contributed by atoms with Crippen LogP contribution in [0.15, 0.2) is 16.8 Å². The molecule has 1 saturated heterocycles. The van der Waals surface area contributed by atoms with E-state index in [4.69, 9.17) is 4.65 Å². The zero-order chi connectivity index (χ0) is 10.9. The standard InChI is InChI=1S/C11H17BO2S/c1-3-5-11(13)9(2)14-12(11)7-10-4-6-15-8-10/h4,6,8-9,13H,3,5,7H2,1-2H3. The van der Waals surface area contributed by atoms with Gasteiger partial charge in [0.1, 0.15) is 0 Å². The van der Waals surface area contributed by atoms with E-state index < -0.39 is 5.50 Å². The molecule has 2 nitrogen and oxygen atoms in total. The Labute approximate surface area is 95.4 Å². The number of aliphatic hydroxyl groups is 1. The van der Waals surface area contributed by atoms with Gasteiger partial charge in [-0.05, 0) is 42.1 Å². The first-order chi connectivity index (χ1) is 7.16. The average molecular weight is 224 g/mol. The van der Waals surface area contributed by atoms with Crippen molar-refractivity contribution in [3.05, 3.63) is 22.4 Å². The first kappa shape index (κ1) is 11.2. The van der Waals surface area contributed by atoms with E-state index in [0.717, 1.165) is 19.2 Å². The van der Waals surface area contributed by atoms with Gasteiger partial charge >= 0.3 is 6.92 Å². The molecule has 1 aromatic heterocycles. The summed E-state index contributed by atoms with van der Waals surface area (Å²) in [7, 11) is 0. The van der Waals surface area contributed by atoms with Crippen LogP contribution in [0.2, 0.25) is 0 Å². The van der Waals surface area contributed by atoms with Crippen LogP contribution in [0.3, 0.4) is 0 Å². The fourth-order valence-corrected chi connectivity index (χ4v) is 2.97. The van der Waals surface area contributed by atoms with Crippen LogP contribution >= 0.6 is 11.3 Å². The first-order valence-corrected chi connectivity index (χ1v) is 6.50. The van der Waals surface area contributed by atoms with Crippen LogP contribution in [0.1, 0.15) is 32.3 Å². The van der Waals surface area contributed by atoms with Gasteiger partial charge < -0.3 is 9.76 Å². The van der Waals surface area contributed by atoms with Crippen molar-refractivity contribution in [1.82, 2.24) is 0 Å². The molecule has 0 spiro atoms. The molecule has 1 N–H and O–H groups in total. The summed E-state index contributed by atoms with van der Waals surface area (Å²) >= 11 is 1.69. The van der Waals surface area contributed by atoms with Crippen molar-refractivity contribution < 1.29 is 9.76 Å². The van der Waals surface area contributed by atoms with Gasteiger partial charge in [-0.2, -0.15) is 11.3 Å². The Bertz CT molecular complexity index is 314. The summed E-state index contributed by atoms with van der Waals surface area (Å²) in [5, 5.41) is 14.6. The van der Waals surface area contributed by atoms with Gasteiger partial charge in [0, 0.05) is 0 Å². The molecule has 2 heterocycles. The van der Waals surface area contributed by atoms with Gasteiger partial charge in [-0.15, -0.1) is 0 Å². The number of hydrogen-bond donors (Lipinski definition) is 1. The van der Waals surface area contributed by atoms with Crippen molar-refractivity contribution in [3.63, 3.8) is 0 Å². The maximum absolute atomic E-state index is 10.4. The van der Waals surface area contributed by atoms with Gasteiger partial charge in [0.15, 0.2) is 0 Å². The van der Waals surface area contributed by atoms with E-state index in [1.165, 1.54) is 5.56 Å². The number of hydrogen-bond acceptors (Lipinski definition) is 3. The van der Waals surface area contributed by atoms with Crippen LogP contribution < -0.4 is 0 Å². The van der Waals surface area contributed by atoms with E-state index in [1.807, 2.05) is 6.92 Å². The lowest BCUT2D eigenvalue weighted by Gasteiger charge is -2.49. The predicted octanol–water partition coefficient (Wildman–Crippen LogP) is 2.31. The molecule has 2 atom stereocenters. The van der Waals surface area contributed by atoms with E-state index in [9.17, 15) is 5.11 Å².